The van der Waals surface area contributed by atoms with E-state index < -0.39 is 5.97 Å². The molecule has 8 aromatic carbocycles. The summed E-state index contributed by atoms with van der Waals surface area (Å²) < 4.78 is 11.5. The predicted octanol–water partition coefficient (Wildman–Crippen LogP) is 16.7. The number of hydrogen-bond donors (Lipinski definition) is 11. The van der Waals surface area contributed by atoms with Crippen LogP contribution in [-0.4, -0.2) is 78.0 Å². The number of phenolic OH excluding ortho intramolecular Hbond substituents is 6. The van der Waals surface area contributed by atoms with Gasteiger partial charge in [0.05, 0.1) is 18.8 Å². The molecule has 18 heteroatoms. The molecule has 0 radical (unpaired) electrons. The number of phenols is 6. The molecule has 0 saturated carbocycles. The molecule has 3 amide bonds. The van der Waals surface area contributed by atoms with Crippen LogP contribution in [0.3, 0.4) is 0 Å². The molecule has 17 nitrogen and oxygen atoms in total. The second-order valence-electron chi connectivity index (χ2n) is 21.1. The summed E-state index contributed by atoms with van der Waals surface area (Å²) in [4.78, 5) is 47.3. The summed E-state index contributed by atoms with van der Waals surface area (Å²) in [5.74, 6) is 1.23. The average Bonchev–Trinajstić information content (AvgIpc) is 1.60. The zero-order valence-corrected chi connectivity index (χ0v) is 54.8. The van der Waals surface area contributed by atoms with Crippen molar-refractivity contribution in [3.63, 3.8) is 0 Å². The number of ether oxygens (including phenoxy) is 2. The number of hydrogen-bond acceptors (Lipinski definition) is 13. The molecule has 0 bridgehead atoms. The summed E-state index contributed by atoms with van der Waals surface area (Å²) in [5, 5.41) is 73.9. The number of anilines is 4. The van der Waals surface area contributed by atoms with Gasteiger partial charge in [-0.15, -0.1) is 0 Å². The van der Waals surface area contributed by atoms with Crippen molar-refractivity contribution in [1.82, 2.24) is 0 Å². The first-order valence-electron chi connectivity index (χ1n) is 29.4. The van der Waals surface area contributed by atoms with Gasteiger partial charge in [0.2, 0.25) is 0 Å². The Morgan fingerprint density at radius 1 is 0.400 bits per heavy atom. The first kappa shape index (κ1) is 74.6. The molecule has 0 atom stereocenters. The fourth-order valence-corrected chi connectivity index (χ4v) is 8.72. The van der Waals surface area contributed by atoms with Gasteiger partial charge in [0.15, 0.2) is 0 Å². The van der Waals surface area contributed by atoms with E-state index in [0.29, 0.717) is 80.3 Å². The molecule has 0 spiro atoms. The SMILES string of the molecule is CCCCBr.CCCCOc1ccc(NC(=O)c2cc(C)c(OCCCC)c(C)c2)cc1.Cc1cc(C(=O)Nc2ccc(O)cc2)cc(C)c1O.Cc1cc(C(=O)Nc2ccc(O)cc2)cc(C)c1O.Cc1cc(C(=O)O)cc(C)c1O.Nc1ccc(O)cc1. The van der Waals surface area contributed by atoms with Crippen molar-refractivity contribution < 1.29 is 64.4 Å². The van der Waals surface area contributed by atoms with Crippen LogP contribution in [0.15, 0.2) is 146 Å². The molecule has 0 fully saturated rings. The highest BCUT2D eigenvalue weighted by Crippen LogP contribution is 2.29. The average molecular weight is 1300 g/mol. The number of amides is 3. The number of carboxylic acid groups (broad SMARTS) is 1. The minimum absolute atomic E-state index is 0.124. The van der Waals surface area contributed by atoms with E-state index >= 15 is 0 Å². The molecule has 12 N–H and O–H groups in total. The van der Waals surface area contributed by atoms with E-state index in [1.165, 1.54) is 49.2 Å². The lowest BCUT2D eigenvalue weighted by Gasteiger charge is -2.14. The van der Waals surface area contributed by atoms with Crippen LogP contribution >= 0.6 is 15.9 Å². The van der Waals surface area contributed by atoms with Crippen LogP contribution in [0, 0.1) is 55.4 Å². The second kappa shape index (κ2) is 38.6. The number of nitrogen functional groups attached to an aromatic ring is 1. The van der Waals surface area contributed by atoms with Crippen molar-refractivity contribution in [3.8, 4) is 46.0 Å². The number of carbonyl (C=O) groups is 4. The van der Waals surface area contributed by atoms with E-state index in [4.69, 9.17) is 25.4 Å². The van der Waals surface area contributed by atoms with Crippen molar-refractivity contribution in [2.75, 3.05) is 40.2 Å². The van der Waals surface area contributed by atoms with E-state index in [2.05, 4.69) is 52.7 Å². The van der Waals surface area contributed by atoms with Gasteiger partial charge in [0.1, 0.15) is 46.0 Å². The van der Waals surface area contributed by atoms with Gasteiger partial charge in [0, 0.05) is 44.8 Å². The Hall–Kier alpha value is -9.68. The highest BCUT2D eigenvalue weighted by Gasteiger charge is 2.15. The molecule has 8 rings (SSSR count). The molecule has 480 valence electrons. The van der Waals surface area contributed by atoms with Gasteiger partial charge in [-0.3, -0.25) is 14.4 Å². The number of carboxylic acids is 1. The van der Waals surface area contributed by atoms with Crippen LogP contribution in [0.1, 0.15) is 145 Å². The molecular formula is C72H87BrN4O13. The lowest BCUT2D eigenvalue weighted by atomic mass is 10.0. The van der Waals surface area contributed by atoms with Gasteiger partial charge in [-0.1, -0.05) is 56.0 Å². The summed E-state index contributed by atoms with van der Waals surface area (Å²) >= 11 is 3.31. The van der Waals surface area contributed by atoms with Gasteiger partial charge in [-0.2, -0.15) is 0 Å². The standard InChI is InChI=1S/C23H31NO3.2C15H15NO3.C9H10O3.C6H7NO.C4H9Br/c1-5-7-13-26-21-11-9-20(10-12-21)24-23(25)19-15-17(3)22(18(4)16-19)27-14-8-6-2;2*1-9-7-11(8-10(2)14(9)18)15(19)16-12-3-5-13(17)6-4-12;1-5-3-7(9(11)12)4-6(2)8(5)10;7-5-1-3-6(8)4-2-5;1-2-3-4-5/h9-12,15-16H,5-8,13-14H2,1-4H3,(H,24,25);2*3-8,17-18H,1-2H3,(H,16,19);3-4,10H,1-2H3,(H,11,12);1-4,8H,7H2;2-4H2,1H3. The van der Waals surface area contributed by atoms with E-state index in [1.54, 1.807) is 114 Å². The third-order valence-electron chi connectivity index (χ3n) is 13.2. The van der Waals surface area contributed by atoms with Crippen LogP contribution in [0.2, 0.25) is 0 Å². The van der Waals surface area contributed by atoms with Gasteiger partial charge >= 0.3 is 5.97 Å². The van der Waals surface area contributed by atoms with Crippen LogP contribution in [0.25, 0.3) is 0 Å². The number of nitrogens with one attached hydrogen (secondary N) is 3. The number of halogens is 1. The van der Waals surface area contributed by atoms with Crippen molar-refractivity contribution >= 4 is 62.4 Å². The number of nitrogens with two attached hydrogens (primary N) is 1. The lowest BCUT2D eigenvalue weighted by molar-refractivity contribution is 0.0695. The highest BCUT2D eigenvalue weighted by molar-refractivity contribution is 9.09. The summed E-state index contributed by atoms with van der Waals surface area (Å²) in [6.07, 6.45) is 6.87. The number of carbonyl (C=O) groups excluding carboxylic acids is 3. The Bertz CT molecular complexity index is 3350. The van der Waals surface area contributed by atoms with E-state index in [1.807, 2.05) is 50.2 Å². The van der Waals surface area contributed by atoms with Crippen LogP contribution in [0.4, 0.5) is 22.7 Å². The number of alkyl halides is 1. The van der Waals surface area contributed by atoms with Crippen LogP contribution in [-0.2, 0) is 0 Å². The smallest absolute Gasteiger partial charge is 0.335 e. The number of benzene rings is 8. The number of unbranched alkanes of at least 4 members (excludes halogenated alkanes) is 3. The van der Waals surface area contributed by atoms with Crippen molar-refractivity contribution in [2.45, 2.75) is 115 Å². The Kier molecular flexibility index (Phi) is 32.0. The van der Waals surface area contributed by atoms with Crippen LogP contribution < -0.4 is 31.2 Å². The quantitative estimate of drug-likeness (QED) is 0.0175. The minimum atomic E-state index is -0.971. The summed E-state index contributed by atoms with van der Waals surface area (Å²) in [6.45, 7) is 22.2. The fourth-order valence-electron chi connectivity index (χ4n) is 8.16. The monoisotopic (exact) mass is 1290 g/mol. The topological polar surface area (TPSA) is 290 Å². The maximum atomic E-state index is 12.6. The number of aromatic carboxylic acids is 1. The van der Waals surface area contributed by atoms with E-state index in [-0.39, 0.29) is 57.8 Å². The molecule has 0 unspecified atom stereocenters. The number of aryl methyl sites for hydroxylation is 8. The Morgan fingerprint density at radius 3 is 0.956 bits per heavy atom. The Labute approximate surface area is 537 Å². The highest BCUT2D eigenvalue weighted by atomic mass is 79.9. The van der Waals surface area contributed by atoms with Crippen molar-refractivity contribution in [1.29, 1.82) is 0 Å². The first-order chi connectivity index (χ1) is 42.7. The van der Waals surface area contributed by atoms with Gasteiger partial charge in [-0.25, -0.2) is 4.79 Å². The zero-order chi connectivity index (χ0) is 67.0. The van der Waals surface area contributed by atoms with Gasteiger partial charge in [0.25, 0.3) is 17.7 Å². The molecule has 0 aliphatic heterocycles. The fraction of sp³-hybridized carbons (Fsp3) is 0.278. The number of rotatable bonds is 17. The Morgan fingerprint density at radius 2 is 0.678 bits per heavy atom. The van der Waals surface area contributed by atoms with Gasteiger partial charge < -0.3 is 66.9 Å². The number of aromatic hydroxyl groups is 6. The molecule has 0 saturated heterocycles. The second-order valence-corrected chi connectivity index (χ2v) is 21.9. The van der Waals surface area contributed by atoms with Gasteiger partial charge in [-0.05, 0) is 265 Å². The third-order valence-corrected chi connectivity index (χ3v) is 13.8. The first-order valence-corrected chi connectivity index (χ1v) is 30.6. The maximum Gasteiger partial charge on any atom is 0.335 e. The maximum absolute atomic E-state index is 12.6. The van der Waals surface area contributed by atoms with E-state index in [9.17, 15) is 44.7 Å². The molecular weight excluding hydrogens is 1210 g/mol. The molecule has 90 heavy (non-hydrogen) atoms. The normalized spacial score (nSPS) is 10.0. The zero-order valence-electron chi connectivity index (χ0n) is 53.3. The molecule has 0 heterocycles. The third kappa shape index (κ3) is 26.0. The Balaban J connectivity index is 0.000000300. The summed E-state index contributed by atoms with van der Waals surface area (Å²) in [5.41, 5.74) is 15.6. The summed E-state index contributed by atoms with van der Waals surface area (Å²) in [6, 6.07) is 39.6. The van der Waals surface area contributed by atoms with Crippen molar-refractivity contribution in [2.24, 2.45) is 0 Å². The van der Waals surface area contributed by atoms with E-state index in [0.717, 1.165) is 59.3 Å². The predicted molar refractivity (Wildman–Crippen MR) is 364 cm³/mol. The molecule has 0 aliphatic carbocycles. The largest absolute Gasteiger partial charge is 0.508 e. The molecule has 0 aliphatic rings. The molecule has 0 aromatic heterocycles. The van der Waals surface area contributed by atoms with Crippen molar-refractivity contribution in [3.05, 3.63) is 212 Å². The minimum Gasteiger partial charge on any atom is -0.508 e. The van der Waals surface area contributed by atoms with Crippen LogP contribution in [0.5, 0.6) is 46.0 Å². The molecule has 8 aromatic rings. The lowest BCUT2D eigenvalue weighted by Crippen LogP contribution is -2.13. The summed E-state index contributed by atoms with van der Waals surface area (Å²) in [7, 11) is 0.